The van der Waals surface area contributed by atoms with Crippen molar-refractivity contribution in [2.75, 3.05) is 19.7 Å². The highest BCUT2D eigenvalue weighted by atomic mass is 32.2. The molecule has 3 rings (SSSR count). The van der Waals surface area contributed by atoms with E-state index in [1.165, 1.54) is 22.8 Å². The fraction of sp³-hybridized carbons (Fsp3) is 0.368. The molecule has 30 heavy (non-hydrogen) atoms. The number of esters is 1. The van der Waals surface area contributed by atoms with Crippen LogP contribution in [0.4, 0.5) is 0 Å². The molecule has 1 fully saturated rings. The van der Waals surface area contributed by atoms with E-state index < -0.39 is 40.3 Å². The molecule has 0 atom stereocenters. The van der Waals surface area contributed by atoms with E-state index >= 15 is 0 Å². The Bertz CT molecular complexity index is 1030. The number of pyridine rings is 1. The Morgan fingerprint density at radius 2 is 1.93 bits per heavy atom. The number of aryl methyl sites for hydroxylation is 1. The zero-order valence-electron chi connectivity index (χ0n) is 16.4. The van der Waals surface area contributed by atoms with Gasteiger partial charge in [-0.2, -0.15) is 4.31 Å². The van der Waals surface area contributed by atoms with Gasteiger partial charge in [-0.15, -0.1) is 0 Å². The minimum absolute atomic E-state index is 0.102. The Kier molecular flexibility index (Phi) is 6.63. The topological polar surface area (TPSA) is 128 Å². The third kappa shape index (κ3) is 4.92. The van der Waals surface area contributed by atoms with Crippen molar-refractivity contribution >= 4 is 27.8 Å². The van der Waals surface area contributed by atoms with E-state index in [1.807, 2.05) is 0 Å². The molecule has 0 radical (unpaired) electrons. The summed E-state index contributed by atoms with van der Waals surface area (Å²) in [6, 6.07) is 6.24. The van der Waals surface area contributed by atoms with Gasteiger partial charge in [0.15, 0.2) is 6.61 Å². The molecule has 2 aromatic heterocycles. The van der Waals surface area contributed by atoms with Gasteiger partial charge in [0.2, 0.25) is 10.0 Å². The van der Waals surface area contributed by atoms with Gasteiger partial charge in [0, 0.05) is 38.7 Å². The normalized spacial score (nSPS) is 15.5. The van der Waals surface area contributed by atoms with Crippen molar-refractivity contribution in [2.24, 2.45) is 13.0 Å². The molecule has 1 saturated heterocycles. The number of amides is 2. The van der Waals surface area contributed by atoms with Crippen LogP contribution < -0.4 is 5.32 Å². The average Bonchev–Trinajstić information content (AvgIpc) is 3.18. The van der Waals surface area contributed by atoms with Crippen LogP contribution in [0.25, 0.3) is 0 Å². The molecule has 2 aromatic rings. The number of aromatic nitrogens is 2. The van der Waals surface area contributed by atoms with Gasteiger partial charge < -0.3 is 9.30 Å². The first-order valence-electron chi connectivity index (χ1n) is 9.31. The highest BCUT2D eigenvalue weighted by Gasteiger charge is 2.33. The Morgan fingerprint density at radius 1 is 1.20 bits per heavy atom. The van der Waals surface area contributed by atoms with E-state index in [-0.39, 0.29) is 30.8 Å². The van der Waals surface area contributed by atoms with Gasteiger partial charge in [-0.25, -0.2) is 8.42 Å². The summed E-state index contributed by atoms with van der Waals surface area (Å²) in [5, 5.41) is 2.16. The molecule has 1 N–H and O–H groups in total. The molecule has 10 nitrogen and oxygen atoms in total. The zero-order chi connectivity index (χ0) is 21.7. The van der Waals surface area contributed by atoms with Crippen LogP contribution >= 0.6 is 0 Å². The number of hydrogen-bond donors (Lipinski definition) is 1. The number of nitrogens with zero attached hydrogens (tertiary/aromatic N) is 3. The average molecular weight is 434 g/mol. The second-order valence-electron chi connectivity index (χ2n) is 6.86. The highest BCUT2D eigenvalue weighted by Crippen LogP contribution is 2.24. The Labute approximate surface area is 173 Å². The van der Waals surface area contributed by atoms with E-state index in [0.717, 1.165) is 0 Å². The Morgan fingerprint density at radius 3 is 2.53 bits per heavy atom. The molecule has 1 aliphatic rings. The number of sulfonamides is 1. The van der Waals surface area contributed by atoms with Crippen molar-refractivity contribution in [1.29, 1.82) is 0 Å². The van der Waals surface area contributed by atoms with Gasteiger partial charge >= 0.3 is 5.97 Å². The van der Waals surface area contributed by atoms with Crippen molar-refractivity contribution < 1.29 is 27.5 Å². The number of ether oxygens (including phenoxy) is 1. The molecule has 0 bridgehead atoms. The lowest BCUT2D eigenvalue weighted by Gasteiger charge is -2.29. The third-order valence-corrected chi connectivity index (χ3v) is 6.72. The molecule has 3 heterocycles. The standard InChI is InChI=1S/C19H22N4O6S/c1-22-9-3-5-16(22)18(25)21-17(24)13-29-19(26)14-6-10-23(11-7-14)30(27,28)15-4-2-8-20-12-15/h2-5,8-9,12,14H,6-7,10-11,13H2,1H3,(H,21,24,25). The van der Waals surface area contributed by atoms with Crippen LogP contribution in [0.1, 0.15) is 23.3 Å². The fourth-order valence-electron chi connectivity index (χ4n) is 3.16. The molecule has 2 amide bonds. The van der Waals surface area contributed by atoms with Gasteiger partial charge in [0.05, 0.1) is 5.92 Å². The smallest absolute Gasteiger partial charge is 0.309 e. The van der Waals surface area contributed by atoms with Crippen molar-refractivity contribution in [3.05, 3.63) is 48.5 Å². The van der Waals surface area contributed by atoms with Crippen molar-refractivity contribution in [3.8, 4) is 0 Å². The minimum atomic E-state index is -3.66. The first-order chi connectivity index (χ1) is 14.3. The molecule has 11 heteroatoms. The molecule has 0 unspecified atom stereocenters. The number of hydrogen-bond acceptors (Lipinski definition) is 7. The maximum Gasteiger partial charge on any atom is 0.309 e. The monoisotopic (exact) mass is 434 g/mol. The predicted octanol–water partition coefficient (Wildman–Crippen LogP) is 0.321. The van der Waals surface area contributed by atoms with E-state index in [9.17, 15) is 22.8 Å². The summed E-state index contributed by atoms with van der Waals surface area (Å²) < 4.78 is 33.0. The second kappa shape index (κ2) is 9.18. The maximum absolute atomic E-state index is 12.6. The van der Waals surface area contributed by atoms with Gasteiger partial charge in [-0.3, -0.25) is 24.7 Å². The number of piperidine rings is 1. The highest BCUT2D eigenvalue weighted by molar-refractivity contribution is 7.89. The summed E-state index contributed by atoms with van der Waals surface area (Å²) in [6.45, 7) is -0.256. The fourth-order valence-corrected chi connectivity index (χ4v) is 4.59. The minimum Gasteiger partial charge on any atom is -0.455 e. The van der Waals surface area contributed by atoms with Crippen LogP contribution in [-0.2, 0) is 31.4 Å². The summed E-state index contributed by atoms with van der Waals surface area (Å²) in [6.07, 6.45) is 5.00. The molecule has 0 aromatic carbocycles. The molecule has 0 aliphatic carbocycles. The van der Waals surface area contributed by atoms with Gasteiger partial charge in [-0.05, 0) is 37.1 Å². The van der Waals surface area contributed by atoms with Crippen LogP contribution in [0.3, 0.4) is 0 Å². The van der Waals surface area contributed by atoms with Crippen molar-refractivity contribution in [2.45, 2.75) is 17.7 Å². The van der Waals surface area contributed by atoms with Gasteiger partial charge in [-0.1, -0.05) is 0 Å². The van der Waals surface area contributed by atoms with Crippen molar-refractivity contribution in [1.82, 2.24) is 19.2 Å². The molecule has 0 saturated carbocycles. The first kappa shape index (κ1) is 21.7. The molecular weight excluding hydrogens is 412 g/mol. The third-order valence-electron chi connectivity index (χ3n) is 4.83. The lowest BCUT2D eigenvalue weighted by atomic mass is 9.98. The Hall–Kier alpha value is -3.05. The Balaban J connectivity index is 1.46. The van der Waals surface area contributed by atoms with Gasteiger partial charge in [0.1, 0.15) is 10.6 Å². The largest absolute Gasteiger partial charge is 0.455 e. The van der Waals surface area contributed by atoms with Crippen LogP contribution in [0.2, 0.25) is 0 Å². The van der Waals surface area contributed by atoms with E-state index in [4.69, 9.17) is 4.74 Å². The lowest BCUT2D eigenvalue weighted by molar-refractivity contribution is -0.153. The number of carbonyl (C=O) groups excluding carboxylic acids is 3. The second-order valence-corrected chi connectivity index (χ2v) is 8.79. The van der Waals surface area contributed by atoms with Crippen LogP contribution in [0.15, 0.2) is 47.8 Å². The van der Waals surface area contributed by atoms with Crippen LogP contribution in [0.5, 0.6) is 0 Å². The predicted molar refractivity (Wildman–Crippen MR) is 105 cm³/mol. The number of imide groups is 1. The van der Waals surface area contributed by atoms with Gasteiger partial charge in [0.25, 0.3) is 11.8 Å². The van der Waals surface area contributed by atoms with E-state index in [2.05, 4.69) is 10.3 Å². The van der Waals surface area contributed by atoms with Crippen LogP contribution in [-0.4, -0.2) is 59.8 Å². The summed E-state index contributed by atoms with van der Waals surface area (Å²) >= 11 is 0. The quantitative estimate of drug-likeness (QED) is 0.649. The zero-order valence-corrected chi connectivity index (χ0v) is 17.2. The van der Waals surface area contributed by atoms with Crippen molar-refractivity contribution in [3.63, 3.8) is 0 Å². The summed E-state index contributed by atoms with van der Waals surface area (Å²) in [7, 11) is -1.99. The first-order valence-corrected chi connectivity index (χ1v) is 10.8. The summed E-state index contributed by atoms with van der Waals surface area (Å²) in [4.78, 5) is 40.0. The lowest BCUT2D eigenvalue weighted by Crippen LogP contribution is -2.41. The molecular formula is C19H22N4O6S. The van der Waals surface area contributed by atoms with E-state index in [1.54, 1.807) is 36.0 Å². The van der Waals surface area contributed by atoms with E-state index in [0.29, 0.717) is 5.69 Å². The number of rotatable bonds is 6. The number of carbonyl (C=O) groups is 3. The molecule has 160 valence electrons. The summed E-state index contributed by atoms with van der Waals surface area (Å²) in [5.74, 6) is -2.42. The number of nitrogens with one attached hydrogen (secondary N) is 1. The summed E-state index contributed by atoms with van der Waals surface area (Å²) in [5.41, 5.74) is 0.303. The van der Waals surface area contributed by atoms with Crippen LogP contribution in [0, 0.1) is 5.92 Å². The molecule has 1 aliphatic heterocycles. The molecule has 0 spiro atoms. The SMILES string of the molecule is Cn1cccc1C(=O)NC(=O)COC(=O)C1CCN(S(=O)(=O)c2cccnc2)CC1. The maximum atomic E-state index is 12.6.